The van der Waals surface area contributed by atoms with Crippen LogP contribution in [-0.2, 0) is 14.3 Å². The van der Waals surface area contributed by atoms with Crippen LogP contribution >= 0.6 is 0 Å². The number of aliphatic imine (C=N–C) groups is 1. The summed E-state index contributed by atoms with van der Waals surface area (Å²) >= 11 is 0. The minimum absolute atomic E-state index is 0.0844. The van der Waals surface area contributed by atoms with Gasteiger partial charge in [-0.2, -0.15) is 0 Å². The molecule has 2 N–H and O–H groups in total. The van der Waals surface area contributed by atoms with Crippen molar-refractivity contribution in [1.29, 1.82) is 0 Å². The third kappa shape index (κ3) is 6.08. The molecule has 6 nitrogen and oxygen atoms in total. The van der Waals surface area contributed by atoms with Crippen molar-refractivity contribution in [2.75, 3.05) is 11.9 Å². The zero-order valence-electron chi connectivity index (χ0n) is 17.2. The maximum absolute atomic E-state index is 12.5. The Balaban J connectivity index is 2.03. The van der Waals surface area contributed by atoms with Crippen LogP contribution in [-0.4, -0.2) is 35.4 Å². The molecule has 2 amide bonds. The van der Waals surface area contributed by atoms with Gasteiger partial charge in [0, 0.05) is 18.2 Å². The summed E-state index contributed by atoms with van der Waals surface area (Å²) in [7, 11) is 0. The number of ether oxygens (including phenoxy) is 1. The standard InChI is InChI=1S/C21H31N3O3/c1-7-15(16-8-10-17(11-9-16)22-14(2)25)12-20(3,4)23-18(26)19-24-21(5,6)13-27-19/h8-11,15H,7,12-13H2,1-6H3,(H,22,25)(H,23,26). The van der Waals surface area contributed by atoms with Crippen molar-refractivity contribution in [3.8, 4) is 0 Å². The highest BCUT2D eigenvalue weighted by molar-refractivity contribution is 6.35. The van der Waals surface area contributed by atoms with Crippen molar-refractivity contribution in [3.05, 3.63) is 29.8 Å². The second-order valence-corrected chi connectivity index (χ2v) is 8.47. The Hall–Kier alpha value is -2.37. The van der Waals surface area contributed by atoms with Crippen LogP contribution in [0.25, 0.3) is 0 Å². The third-order valence-corrected chi connectivity index (χ3v) is 4.56. The number of nitrogens with one attached hydrogen (secondary N) is 2. The second kappa shape index (κ2) is 8.11. The molecule has 0 saturated carbocycles. The van der Waals surface area contributed by atoms with E-state index in [0.717, 1.165) is 18.5 Å². The normalized spacial score (nSPS) is 16.9. The molecule has 0 saturated heterocycles. The van der Waals surface area contributed by atoms with E-state index in [4.69, 9.17) is 4.74 Å². The van der Waals surface area contributed by atoms with Gasteiger partial charge < -0.3 is 15.4 Å². The lowest BCUT2D eigenvalue weighted by Crippen LogP contribution is -2.47. The Morgan fingerprint density at radius 3 is 2.37 bits per heavy atom. The predicted molar refractivity (Wildman–Crippen MR) is 108 cm³/mol. The molecule has 1 unspecified atom stereocenters. The van der Waals surface area contributed by atoms with E-state index >= 15 is 0 Å². The Morgan fingerprint density at radius 2 is 1.89 bits per heavy atom. The lowest BCUT2D eigenvalue weighted by Gasteiger charge is -2.30. The molecule has 148 valence electrons. The molecule has 0 spiro atoms. The van der Waals surface area contributed by atoms with Crippen molar-refractivity contribution in [1.82, 2.24) is 5.32 Å². The number of amides is 2. The topological polar surface area (TPSA) is 79.8 Å². The Labute approximate surface area is 161 Å². The number of rotatable bonds is 7. The molecule has 27 heavy (non-hydrogen) atoms. The van der Waals surface area contributed by atoms with Gasteiger partial charge in [-0.1, -0.05) is 19.1 Å². The zero-order chi connectivity index (χ0) is 20.2. The molecule has 1 aromatic rings. The van der Waals surface area contributed by atoms with Gasteiger partial charge in [0.05, 0.1) is 5.54 Å². The van der Waals surface area contributed by atoms with E-state index in [-0.39, 0.29) is 29.2 Å². The first-order valence-electron chi connectivity index (χ1n) is 9.44. The largest absolute Gasteiger partial charge is 0.471 e. The molecule has 1 aliphatic rings. The molecule has 0 bridgehead atoms. The molecule has 2 rings (SSSR count). The van der Waals surface area contributed by atoms with Gasteiger partial charge >= 0.3 is 5.91 Å². The number of hydrogen-bond acceptors (Lipinski definition) is 4. The average molecular weight is 373 g/mol. The SMILES string of the molecule is CCC(CC(C)(C)NC(=O)C1=NC(C)(C)CO1)c1ccc(NC(C)=O)cc1. The first-order chi connectivity index (χ1) is 12.5. The predicted octanol–water partition coefficient (Wildman–Crippen LogP) is 3.63. The molecule has 1 heterocycles. The van der Waals surface area contributed by atoms with E-state index in [2.05, 4.69) is 22.5 Å². The number of carbonyl (C=O) groups excluding carboxylic acids is 2. The maximum Gasteiger partial charge on any atom is 0.306 e. The molecule has 1 aliphatic heterocycles. The lowest BCUT2D eigenvalue weighted by molar-refractivity contribution is -0.117. The van der Waals surface area contributed by atoms with Crippen molar-refractivity contribution >= 4 is 23.4 Å². The van der Waals surface area contributed by atoms with Crippen LogP contribution in [0.5, 0.6) is 0 Å². The first-order valence-corrected chi connectivity index (χ1v) is 9.44. The van der Waals surface area contributed by atoms with Crippen LogP contribution in [0.15, 0.2) is 29.3 Å². The van der Waals surface area contributed by atoms with Crippen LogP contribution in [0, 0.1) is 0 Å². The summed E-state index contributed by atoms with van der Waals surface area (Å²) in [4.78, 5) is 28.0. The molecule has 0 radical (unpaired) electrons. The monoisotopic (exact) mass is 373 g/mol. The summed E-state index contributed by atoms with van der Waals surface area (Å²) in [6.07, 6.45) is 1.73. The number of benzene rings is 1. The number of anilines is 1. The minimum atomic E-state index is -0.410. The summed E-state index contributed by atoms with van der Waals surface area (Å²) in [5, 5.41) is 5.83. The van der Waals surface area contributed by atoms with E-state index in [1.807, 2.05) is 52.0 Å². The van der Waals surface area contributed by atoms with Crippen LogP contribution in [0.2, 0.25) is 0 Å². The first kappa shape index (κ1) is 20.9. The summed E-state index contributed by atoms with van der Waals surface area (Å²) in [6.45, 7) is 12.0. The highest BCUT2D eigenvalue weighted by atomic mass is 16.5. The van der Waals surface area contributed by atoms with Gasteiger partial charge in [0.25, 0.3) is 5.90 Å². The van der Waals surface area contributed by atoms with Gasteiger partial charge in [0.2, 0.25) is 5.91 Å². The van der Waals surface area contributed by atoms with Gasteiger partial charge in [-0.25, -0.2) is 4.99 Å². The second-order valence-electron chi connectivity index (χ2n) is 8.47. The Kier molecular flexibility index (Phi) is 6.29. The highest BCUT2D eigenvalue weighted by Gasteiger charge is 2.33. The maximum atomic E-state index is 12.5. The van der Waals surface area contributed by atoms with E-state index < -0.39 is 5.54 Å². The average Bonchev–Trinajstić information content (AvgIpc) is 2.93. The Morgan fingerprint density at radius 1 is 1.26 bits per heavy atom. The number of nitrogens with zero attached hydrogens (tertiary/aromatic N) is 1. The number of hydrogen-bond donors (Lipinski definition) is 2. The van der Waals surface area contributed by atoms with Crippen LogP contribution in [0.4, 0.5) is 5.69 Å². The van der Waals surface area contributed by atoms with Crippen molar-refractivity contribution in [2.24, 2.45) is 4.99 Å². The summed E-state index contributed by atoms with van der Waals surface area (Å²) in [5.41, 5.74) is 1.21. The molecule has 0 aliphatic carbocycles. The molecule has 6 heteroatoms. The lowest BCUT2D eigenvalue weighted by atomic mass is 9.84. The highest BCUT2D eigenvalue weighted by Crippen LogP contribution is 2.30. The Bertz CT molecular complexity index is 721. The molecule has 1 aromatic carbocycles. The van der Waals surface area contributed by atoms with Gasteiger partial charge in [0.15, 0.2) is 0 Å². The van der Waals surface area contributed by atoms with Crippen LogP contribution in [0.3, 0.4) is 0 Å². The van der Waals surface area contributed by atoms with Gasteiger partial charge in [-0.3, -0.25) is 9.59 Å². The molecular weight excluding hydrogens is 342 g/mol. The molecule has 0 aromatic heterocycles. The van der Waals surface area contributed by atoms with Gasteiger partial charge in [-0.15, -0.1) is 0 Å². The van der Waals surface area contributed by atoms with Crippen molar-refractivity contribution in [3.63, 3.8) is 0 Å². The van der Waals surface area contributed by atoms with Crippen LogP contribution in [0.1, 0.15) is 65.9 Å². The smallest absolute Gasteiger partial charge is 0.306 e. The van der Waals surface area contributed by atoms with Crippen LogP contribution < -0.4 is 10.6 Å². The third-order valence-electron chi connectivity index (χ3n) is 4.56. The van der Waals surface area contributed by atoms with Crippen molar-refractivity contribution in [2.45, 2.75) is 71.4 Å². The molecular formula is C21H31N3O3. The minimum Gasteiger partial charge on any atom is -0.471 e. The van der Waals surface area contributed by atoms with E-state index in [1.165, 1.54) is 12.5 Å². The summed E-state index contributed by atoms with van der Waals surface area (Å²) < 4.78 is 5.44. The number of carbonyl (C=O) groups is 2. The van der Waals surface area contributed by atoms with E-state index in [9.17, 15) is 9.59 Å². The molecule has 1 atom stereocenters. The van der Waals surface area contributed by atoms with E-state index in [0.29, 0.717) is 6.61 Å². The molecule has 0 fully saturated rings. The summed E-state index contributed by atoms with van der Waals surface area (Å²) in [5.74, 6) is 0.107. The van der Waals surface area contributed by atoms with Gasteiger partial charge in [0.1, 0.15) is 6.61 Å². The van der Waals surface area contributed by atoms with Gasteiger partial charge in [-0.05, 0) is 64.2 Å². The fourth-order valence-electron chi connectivity index (χ4n) is 3.27. The van der Waals surface area contributed by atoms with E-state index in [1.54, 1.807) is 0 Å². The quantitative estimate of drug-likeness (QED) is 0.766. The summed E-state index contributed by atoms with van der Waals surface area (Å²) in [6, 6.07) is 7.89. The zero-order valence-corrected chi connectivity index (χ0v) is 17.2. The fourth-order valence-corrected chi connectivity index (χ4v) is 3.27. The fraction of sp³-hybridized carbons (Fsp3) is 0.571. The van der Waals surface area contributed by atoms with Crippen molar-refractivity contribution < 1.29 is 14.3 Å².